The minimum absolute atomic E-state index is 0.0719. The normalized spacial score (nSPS) is 18.9. The second-order valence-electron chi connectivity index (χ2n) is 4.56. The van der Waals surface area contributed by atoms with Gasteiger partial charge in [-0.05, 0) is 31.5 Å². The van der Waals surface area contributed by atoms with Crippen LogP contribution in [0.25, 0.3) is 5.52 Å². The van der Waals surface area contributed by atoms with E-state index in [-0.39, 0.29) is 11.7 Å². The highest BCUT2D eigenvalue weighted by Gasteiger charge is 2.26. The number of aromatic nitrogens is 2. The average molecular weight is 261 g/mol. The zero-order valence-electron chi connectivity index (χ0n) is 10.6. The average Bonchev–Trinajstić information content (AvgIpc) is 3.04. The molecule has 100 valence electrons. The van der Waals surface area contributed by atoms with Gasteiger partial charge in [-0.1, -0.05) is 6.07 Å². The highest BCUT2D eigenvalue weighted by Crippen LogP contribution is 2.28. The lowest BCUT2D eigenvalue weighted by Crippen LogP contribution is -2.16. The lowest BCUT2D eigenvalue weighted by atomic mass is 10.2. The Kier molecular flexibility index (Phi) is 2.87. The molecule has 2 aromatic heterocycles. The summed E-state index contributed by atoms with van der Waals surface area (Å²) in [5.74, 6) is 0.290. The highest BCUT2D eigenvalue weighted by molar-refractivity contribution is 5.94. The van der Waals surface area contributed by atoms with Crippen molar-refractivity contribution in [1.82, 2.24) is 14.7 Å². The van der Waals surface area contributed by atoms with E-state index in [0.717, 1.165) is 19.4 Å². The van der Waals surface area contributed by atoms with Crippen LogP contribution in [0.4, 0.5) is 0 Å². The summed E-state index contributed by atoms with van der Waals surface area (Å²) in [6.07, 6.45) is 2.02. The van der Waals surface area contributed by atoms with Crippen molar-refractivity contribution in [2.24, 2.45) is 0 Å². The number of pyridine rings is 1. The summed E-state index contributed by atoms with van der Waals surface area (Å²) in [6, 6.07) is 5.40. The van der Waals surface area contributed by atoms with E-state index >= 15 is 0 Å². The van der Waals surface area contributed by atoms with Crippen molar-refractivity contribution in [3.8, 4) is 5.88 Å². The third-order valence-electron chi connectivity index (χ3n) is 3.44. The van der Waals surface area contributed by atoms with E-state index in [4.69, 9.17) is 4.74 Å². The molecule has 3 heterocycles. The number of methoxy groups -OCH3 is 1. The fourth-order valence-electron chi connectivity index (χ4n) is 2.59. The summed E-state index contributed by atoms with van der Waals surface area (Å²) in [4.78, 5) is 15.6. The summed E-state index contributed by atoms with van der Waals surface area (Å²) in [5, 5.41) is 12.6. The Morgan fingerprint density at radius 2 is 2.42 bits per heavy atom. The first-order valence-electron chi connectivity index (χ1n) is 6.24. The van der Waals surface area contributed by atoms with Crippen LogP contribution >= 0.6 is 0 Å². The van der Waals surface area contributed by atoms with E-state index in [0.29, 0.717) is 17.2 Å². The van der Waals surface area contributed by atoms with Crippen LogP contribution in [0.2, 0.25) is 0 Å². The van der Waals surface area contributed by atoms with Gasteiger partial charge < -0.3 is 15.2 Å². The maximum Gasteiger partial charge on any atom is 0.356 e. The van der Waals surface area contributed by atoms with Gasteiger partial charge in [0.2, 0.25) is 0 Å². The number of fused-ring (bicyclic) bond motifs is 1. The van der Waals surface area contributed by atoms with Gasteiger partial charge in [-0.3, -0.25) is 4.40 Å². The van der Waals surface area contributed by atoms with E-state index in [2.05, 4.69) is 10.3 Å². The third kappa shape index (κ3) is 1.84. The van der Waals surface area contributed by atoms with Gasteiger partial charge in [0.15, 0.2) is 11.6 Å². The van der Waals surface area contributed by atoms with Crippen LogP contribution in [0, 0.1) is 0 Å². The molecule has 1 atom stereocenters. The number of rotatable bonds is 3. The van der Waals surface area contributed by atoms with Gasteiger partial charge in [-0.25, -0.2) is 9.78 Å². The van der Waals surface area contributed by atoms with E-state index in [1.165, 1.54) is 0 Å². The topological polar surface area (TPSA) is 75.9 Å². The van der Waals surface area contributed by atoms with Gasteiger partial charge in [-0.15, -0.1) is 0 Å². The lowest BCUT2D eigenvalue weighted by molar-refractivity contribution is 0.0693. The maximum atomic E-state index is 11.3. The van der Waals surface area contributed by atoms with E-state index < -0.39 is 5.97 Å². The van der Waals surface area contributed by atoms with Crippen molar-refractivity contribution >= 4 is 11.5 Å². The Labute approximate surface area is 110 Å². The minimum Gasteiger partial charge on any atom is -0.482 e. The molecule has 19 heavy (non-hydrogen) atoms. The predicted octanol–water partition coefficient (Wildman–Crippen LogP) is 1.47. The molecule has 2 N–H and O–H groups in total. The molecule has 0 aliphatic carbocycles. The molecule has 2 aromatic rings. The molecule has 1 unspecified atom stereocenters. The minimum atomic E-state index is -1.02. The summed E-state index contributed by atoms with van der Waals surface area (Å²) >= 11 is 0. The van der Waals surface area contributed by atoms with E-state index in [9.17, 15) is 9.90 Å². The van der Waals surface area contributed by atoms with Crippen molar-refractivity contribution in [3.05, 3.63) is 29.7 Å². The fourth-order valence-corrected chi connectivity index (χ4v) is 2.59. The summed E-state index contributed by atoms with van der Waals surface area (Å²) in [7, 11) is 1.57. The van der Waals surface area contributed by atoms with Crippen LogP contribution in [-0.4, -0.2) is 34.1 Å². The zero-order chi connectivity index (χ0) is 13.4. The Morgan fingerprint density at radius 1 is 1.58 bits per heavy atom. The van der Waals surface area contributed by atoms with Crippen LogP contribution in [0.5, 0.6) is 5.88 Å². The number of carbonyl (C=O) groups is 1. The first-order chi connectivity index (χ1) is 9.22. The summed E-state index contributed by atoms with van der Waals surface area (Å²) in [6.45, 7) is 0.928. The van der Waals surface area contributed by atoms with E-state index in [1.54, 1.807) is 29.7 Å². The molecule has 0 spiro atoms. The van der Waals surface area contributed by atoms with Gasteiger partial charge >= 0.3 is 5.97 Å². The van der Waals surface area contributed by atoms with Crippen LogP contribution in [0.15, 0.2) is 18.2 Å². The predicted molar refractivity (Wildman–Crippen MR) is 68.7 cm³/mol. The molecule has 0 radical (unpaired) electrons. The number of aromatic carboxylic acids is 1. The highest BCUT2D eigenvalue weighted by atomic mass is 16.5. The summed E-state index contributed by atoms with van der Waals surface area (Å²) < 4.78 is 7.11. The third-order valence-corrected chi connectivity index (χ3v) is 3.44. The molecular weight excluding hydrogens is 246 g/mol. The number of hydrogen-bond acceptors (Lipinski definition) is 4. The number of hydrogen-bond donors (Lipinski definition) is 2. The number of nitrogens with zero attached hydrogens (tertiary/aromatic N) is 2. The Hall–Kier alpha value is -2.08. The van der Waals surface area contributed by atoms with Gasteiger partial charge in [0.25, 0.3) is 0 Å². The van der Waals surface area contributed by atoms with Gasteiger partial charge in [0.1, 0.15) is 5.82 Å². The summed E-state index contributed by atoms with van der Waals surface area (Å²) in [5.41, 5.74) is 0.637. The molecule has 3 rings (SSSR count). The van der Waals surface area contributed by atoms with Crippen molar-refractivity contribution in [2.45, 2.75) is 18.9 Å². The molecule has 6 heteroatoms. The first kappa shape index (κ1) is 12.0. The maximum absolute atomic E-state index is 11.3. The van der Waals surface area contributed by atoms with Gasteiger partial charge in [0, 0.05) is 0 Å². The zero-order valence-corrected chi connectivity index (χ0v) is 10.6. The van der Waals surface area contributed by atoms with Crippen LogP contribution in [0.1, 0.15) is 35.2 Å². The number of imidazole rings is 1. The van der Waals surface area contributed by atoms with Crippen molar-refractivity contribution in [1.29, 1.82) is 0 Å². The van der Waals surface area contributed by atoms with Gasteiger partial charge in [-0.2, -0.15) is 0 Å². The number of nitrogens with one attached hydrogen (secondary N) is 1. The Bertz CT molecular complexity index is 629. The van der Waals surface area contributed by atoms with Crippen molar-refractivity contribution in [2.75, 3.05) is 13.7 Å². The molecule has 1 fully saturated rings. The molecule has 1 aliphatic rings. The molecular formula is C13H15N3O3. The SMILES string of the molecule is COc1cccc2c(C(=O)O)nc(C3CCCN3)n12. The second-order valence-corrected chi connectivity index (χ2v) is 4.56. The molecule has 1 saturated heterocycles. The number of carboxylic acids is 1. The van der Waals surface area contributed by atoms with Crippen molar-refractivity contribution in [3.63, 3.8) is 0 Å². The molecule has 1 aliphatic heterocycles. The Balaban J connectivity index is 2.27. The van der Waals surface area contributed by atoms with Crippen molar-refractivity contribution < 1.29 is 14.6 Å². The second kappa shape index (κ2) is 4.55. The standard InChI is InChI=1S/C13H15N3O3/c1-19-10-6-2-5-9-11(13(17)18)15-12(16(9)10)8-4-3-7-14-8/h2,5-6,8,14H,3-4,7H2,1H3,(H,17,18). The van der Waals surface area contributed by atoms with Crippen LogP contribution in [-0.2, 0) is 0 Å². The fraction of sp³-hybridized carbons (Fsp3) is 0.385. The largest absolute Gasteiger partial charge is 0.482 e. The van der Waals surface area contributed by atoms with Crippen LogP contribution < -0.4 is 10.1 Å². The smallest absolute Gasteiger partial charge is 0.356 e. The lowest BCUT2D eigenvalue weighted by Gasteiger charge is -2.11. The quantitative estimate of drug-likeness (QED) is 0.875. The molecule has 0 saturated carbocycles. The first-order valence-corrected chi connectivity index (χ1v) is 6.24. The monoisotopic (exact) mass is 261 g/mol. The Morgan fingerprint density at radius 3 is 3.05 bits per heavy atom. The molecule has 0 bridgehead atoms. The van der Waals surface area contributed by atoms with E-state index in [1.807, 2.05) is 0 Å². The number of carboxylic acid groups (broad SMARTS) is 1. The molecule has 0 amide bonds. The number of ether oxygens (including phenoxy) is 1. The van der Waals surface area contributed by atoms with Crippen LogP contribution in [0.3, 0.4) is 0 Å². The van der Waals surface area contributed by atoms with Gasteiger partial charge in [0.05, 0.1) is 18.7 Å². The molecule has 6 nitrogen and oxygen atoms in total. The molecule has 0 aromatic carbocycles.